The van der Waals surface area contributed by atoms with Gasteiger partial charge in [0.2, 0.25) is 0 Å². The Morgan fingerprint density at radius 1 is 1.09 bits per heavy atom. The minimum atomic E-state index is -0.233. The van der Waals surface area contributed by atoms with Crippen LogP contribution in [0.15, 0.2) is 48.5 Å². The average Bonchev–Trinajstić information content (AvgIpc) is 2.56. The van der Waals surface area contributed by atoms with Crippen molar-refractivity contribution in [1.29, 1.82) is 0 Å². The predicted molar refractivity (Wildman–Crippen MR) is 84.7 cm³/mol. The van der Waals surface area contributed by atoms with Crippen molar-refractivity contribution >= 4 is 11.8 Å². The summed E-state index contributed by atoms with van der Waals surface area (Å²) < 4.78 is 0. The topological polar surface area (TPSA) is 63.4 Å². The number of nitrogens with zero attached hydrogens (tertiary/aromatic N) is 1. The van der Waals surface area contributed by atoms with Gasteiger partial charge in [-0.15, -0.1) is 0 Å². The molecule has 0 saturated heterocycles. The second-order valence-corrected chi connectivity index (χ2v) is 5.36. The van der Waals surface area contributed by atoms with E-state index in [2.05, 4.69) is 0 Å². The van der Waals surface area contributed by atoms with E-state index in [1.54, 1.807) is 12.1 Å². The number of nitrogens with two attached hydrogens (primary N) is 1. The number of rotatable bonds is 3. The highest BCUT2D eigenvalue weighted by atomic mass is 16.2. The Kier molecular flexibility index (Phi) is 4.02. The molecule has 3 rings (SSSR count). The Morgan fingerprint density at radius 3 is 2.64 bits per heavy atom. The second-order valence-electron chi connectivity index (χ2n) is 5.36. The lowest BCUT2D eigenvalue weighted by molar-refractivity contribution is 0.0604. The number of benzene rings is 2. The quantitative estimate of drug-likeness (QED) is 0.881. The molecule has 0 aromatic heterocycles. The molecule has 2 N–H and O–H groups in total. The normalized spacial score (nSPS) is 13.9. The fraction of sp³-hybridized carbons (Fsp3) is 0.222. The van der Waals surface area contributed by atoms with E-state index in [0.717, 1.165) is 11.1 Å². The summed E-state index contributed by atoms with van der Waals surface area (Å²) in [6, 6.07) is 14.8. The molecule has 0 saturated carbocycles. The van der Waals surface area contributed by atoms with Crippen LogP contribution in [0.25, 0.3) is 0 Å². The van der Waals surface area contributed by atoms with E-state index in [4.69, 9.17) is 5.73 Å². The van der Waals surface area contributed by atoms with Crippen LogP contribution in [0, 0.1) is 0 Å². The third kappa shape index (κ3) is 2.53. The molecule has 0 atom stereocenters. The van der Waals surface area contributed by atoms with E-state index < -0.39 is 0 Å². The van der Waals surface area contributed by atoms with Crippen molar-refractivity contribution in [2.75, 3.05) is 13.1 Å². The molecule has 2 aromatic rings. The number of fused-ring (bicyclic) bond motifs is 1. The van der Waals surface area contributed by atoms with Gasteiger partial charge >= 0.3 is 0 Å². The molecule has 0 unspecified atom stereocenters. The number of hydrogen-bond acceptors (Lipinski definition) is 3. The van der Waals surface area contributed by atoms with Crippen molar-refractivity contribution in [2.24, 2.45) is 5.73 Å². The van der Waals surface area contributed by atoms with Gasteiger partial charge in [0, 0.05) is 17.7 Å². The SMILES string of the molecule is NCCc1ccccc1C(=O)N1CCc2ccccc2C1=O. The van der Waals surface area contributed by atoms with E-state index in [0.29, 0.717) is 37.1 Å². The van der Waals surface area contributed by atoms with Gasteiger partial charge in [0.15, 0.2) is 0 Å². The largest absolute Gasteiger partial charge is 0.330 e. The summed E-state index contributed by atoms with van der Waals surface area (Å²) >= 11 is 0. The molecule has 0 fully saturated rings. The van der Waals surface area contributed by atoms with E-state index in [1.807, 2.05) is 36.4 Å². The summed E-state index contributed by atoms with van der Waals surface area (Å²) in [6.45, 7) is 0.896. The first kappa shape index (κ1) is 14.5. The monoisotopic (exact) mass is 294 g/mol. The highest BCUT2D eigenvalue weighted by Crippen LogP contribution is 2.21. The van der Waals surface area contributed by atoms with Crippen molar-refractivity contribution in [3.63, 3.8) is 0 Å². The van der Waals surface area contributed by atoms with E-state index in [9.17, 15) is 9.59 Å². The molecular weight excluding hydrogens is 276 g/mol. The third-order valence-electron chi connectivity index (χ3n) is 4.00. The maximum Gasteiger partial charge on any atom is 0.261 e. The van der Waals surface area contributed by atoms with Crippen LogP contribution in [0.4, 0.5) is 0 Å². The van der Waals surface area contributed by atoms with Crippen LogP contribution in [-0.2, 0) is 12.8 Å². The molecule has 22 heavy (non-hydrogen) atoms. The summed E-state index contributed by atoms with van der Waals surface area (Å²) in [7, 11) is 0. The van der Waals surface area contributed by atoms with Crippen LogP contribution in [0.3, 0.4) is 0 Å². The molecule has 1 aliphatic rings. The third-order valence-corrected chi connectivity index (χ3v) is 4.00. The van der Waals surface area contributed by atoms with Gasteiger partial charge in [-0.2, -0.15) is 0 Å². The van der Waals surface area contributed by atoms with Gasteiger partial charge in [-0.25, -0.2) is 0 Å². The molecule has 1 heterocycles. The van der Waals surface area contributed by atoms with Gasteiger partial charge in [-0.3, -0.25) is 14.5 Å². The molecule has 0 spiro atoms. The average molecular weight is 294 g/mol. The Hall–Kier alpha value is -2.46. The maximum absolute atomic E-state index is 12.8. The first-order chi connectivity index (χ1) is 10.7. The molecular formula is C18H18N2O2. The summed E-state index contributed by atoms with van der Waals surface area (Å²) in [5.74, 6) is -0.446. The summed E-state index contributed by atoms with van der Waals surface area (Å²) in [5, 5.41) is 0. The zero-order chi connectivity index (χ0) is 15.5. The van der Waals surface area contributed by atoms with Crippen LogP contribution < -0.4 is 5.73 Å². The molecule has 4 nitrogen and oxygen atoms in total. The molecule has 0 radical (unpaired) electrons. The first-order valence-electron chi connectivity index (χ1n) is 7.44. The minimum Gasteiger partial charge on any atom is -0.330 e. The highest BCUT2D eigenvalue weighted by Gasteiger charge is 2.30. The molecule has 0 aliphatic carbocycles. The lowest BCUT2D eigenvalue weighted by Gasteiger charge is -2.27. The van der Waals surface area contributed by atoms with E-state index in [1.165, 1.54) is 4.90 Å². The van der Waals surface area contributed by atoms with Gasteiger partial charge in [-0.1, -0.05) is 36.4 Å². The fourth-order valence-corrected chi connectivity index (χ4v) is 2.87. The van der Waals surface area contributed by atoms with Crippen molar-refractivity contribution in [3.05, 3.63) is 70.8 Å². The van der Waals surface area contributed by atoms with Gasteiger partial charge in [0.1, 0.15) is 0 Å². The second kappa shape index (κ2) is 6.12. The van der Waals surface area contributed by atoms with Crippen molar-refractivity contribution in [3.8, 4) is 0 Å². The molecule has 4 heteroatoms. The van der Waals surface area contributed by atoms with Crippen LogP contribution >= 0.6 is 0 Å². The minimum absolute atomic E-state index is 0.214. The predicted octanol–water partition coefficient (Wildman–Crippen LogP) is 2.03. The van der Waals surface area contributed by atoms with Crippen LogP contribution in [0.1, 0.15) is 31.8 Å². The molecule has 2 aromatic carbocycles. The molecule has 112 valence electrons. The first-order valence-corrected chi connectivity index (χ1v) is 7.44. The van der Waals surface area contributed by atoms with Gasteiger partial charge in [-0.05, 0) is 42.6 Å². The van der Waals surface area contributed by atoms with Crippen molar-refractivity contribution in [2.45, 2.75) is 12.8 Å². The van der Waals surface area contributed by atoms with Gasteiger partial charge in [0.05, 0.1) is 0 Å². The molecule has 1 aliphatic heterocycles. The Bertz CT molecular complexity index is 725. The number of imide groups is 1. The van der Waals surface area contributed by atoms with Crippen molar-refractivity contribution in [1.82, 2.24) is 4.90 Å². The standard InChI is InChI=1S/C18H18N2O2/c19-11-9-13-5-1-3-7-15(13)17(21)20-12-10-14-6-2-4-8-16(14)18(20)22/h1-8H,9-12,19H2. The zero-order valence-corrected chi connectivity index (χ0v) is 12.3. The van der Waals surface area contributed by atoms with E-state index in [-0.39, 0.29) is 11.8 Å². The lowest BCUT2D eigenvalue weighted by atomic mass is 9.97. The fourth-order valence-electron chi connectivity index (χ4n) is 2.87. The molecule has 2 amide bonds. The Balaban J connectivity index is 1.93. The molecule has 0 bridgehead atoms. The Labute approximate surface area is 129 Å². The van der Waals surface area contributed by atoms with Crippen LogP contribution in [-0.4, -0.2) is 29.8 Å². The smallest absolute Gasteiger partial charge is 0.261 e. The number of carbonyl (C=O) groups is 2. The summed E-state index contributed by atoms with van der Waals surface area (Å²) in [5.41, 5.74) is 8.70. The number of carbonyl (C=O) groups excluding carboxylic acids is 2. The van der Waals surface area contributed by atoms with Crippen LogP contribution in [0.2, 0.25) is 0 Å². The van der Waals surface area contributed by atoms with Crippen LogP contribution in [0.5, 0.6) is 0 Å². The Morgan fingerprint density at radius 2 is 1.82 bits per heavy atom. The van der Waals surface area contributed by atoms with E-state index >= 15 is 0 Å². The number of hydrogen-bond donors (Lipinski definition) is 1. The number of amides is 2. The van der Waals surface area contributed by atoms with Gasteiger partial charge in [0.25, 0.3) is 11.8 Å². The highest BCUT2D eigenvalue weighted by molar-refractivity contribution is 6.12. The lowest BCUT2D eigenvalue weighted by Crippen LogP contribution is -2.42. The van der Waals surface area contributed by atoms with Crippen molar-refractivity contribution < 1.29 is 9.59 Å². The maximum atomic E-state index is 12.8. The van der Waals surface area contributed by atoms with Gasteiger partial charge < -0.3 is 5.73 Å². The summed E-state index contributed by atoms with van der Waals surface area (Å²) in [6.07, 6.45) is 1.33. The zero-order valence-electron chi connectivity index (χ0n) is 12.3. The summed E-state index contributed by atoms with van der Waals surface area (Å²) in [4.78, 5) is 26.7.